The average Bonchev–Trinajstić information content (AvgIpc) is 3.13. The fourth-order valence-electron chi connectivity index (χ4n) is 4.47. The molecule has 1 N–H and O–H groups in total. The molecule has 168 valence electrons. The van der Waals surface area contributed by atoms with Crippen molar-refractivity contribution in [3.05, 3.63) is 136 Å². The van der Waals surface area contributed by atoms with Crippen molar-refractivity contribution >= 4 is 22.4 Å². The van der Waals surface area contributed by atoms with E-state index in [0.29, 0.717) is 11.8 Å². The lowest BCUT2D eigenvalue weighted by atomic mass is 10.0. The maximum atomic E-state index is 13.5. The van der Waals surface area contributed by atoms with E-state index in [1.54, 1.807) is 6.07 Å². The molecule has 2 heterocycles. The quantitative estimate of drug-likeness (QED) is 0.371. The van der Waals surface area contributed by atoms with Crippen LogP contribution in [-0.4, -0.2) is 9.55 Å². The van der Waals surface area contributed by atoms with Crippen LogP contribution in [0.15, 0.2) is 114 Å². The van der Waals surface area contributed by atoms with Gasteiger partial charge < -0.3 is 9.88 Å². The first-order valence-electron chi connectivity index (χ1n) is 11.6. The highest BCUT2D eigenvalue weighted by Crippen LogP contribution is 2.29. The first-order valence-corrected chi connectivity index (χ1v) is 11.6. The van der Waals surface area contributed by atoms with Crippen molar-refractivity contribution < 1.29 is 0 Å². The molecule has 2 aromatic carbocycles. The van der Waals surface area contributed by atoms with Gasteiger partial charge in [0.1, 0.15) is 5.82 Å². The van der Waals surface area contributed by atoms with Crippen molar-refractivity contribution in [1.82, 2.24) is 9.55 Å². The maximum absolute atomic E-state index is 13.5. The molecule has 0 fully saturated rings. The maximum Gasteiger partial charge on any atom is 0.193 e. The van der Waals surface area contributed by atoms with Gasteiger partial charge in [0.25, 0.3) is 0 Å². The van der Waals surface area contributed by atoms with E-state index < -0.39 is 0 Å². The molecule has 0 aliphatic heterocycles. The summed E-state index contributed by atoms with van der Waals surface area (Å²) < 4.78 is 2.20. The Kier molecular flexibility index (Phi) is 6.21. The molecule has 5 rings (SSSR count). The highest BCUT2D eigenvalue weighted by atomic mass is 16.1. The first-order chi connectivity index (χ1) is 16.7. The number of rotatable bonds is 6. The van der Waals surface area contributed by atoms with Crippen molar-refractivity contribution in [2.24, 2.45) is 0 Å². The molecule has 4 aromatic rings. The molecule has 1 aliphatic rings. The third-order valence-corrected chi connectivity index (χ3v) is 6.02. The summed E-state index contributed by atoms with van der Waals surface area (Å²) in [5.41, 5.74) is 4.80. The van der Waals surface area contributed by atoms with E-state index in [9.17, 15) is 4.79 Å². The molecule has 0 radical (unpaired) electrons. The van der Waals surface area contributed by atoms with Crippen LogP contribution in [0.2, 0.25) is 0 Å². The van der Waals surface area contributed by atoms with Crippen molar-refractivity contribution in [2.45, 2.75) is 25.8 Å². The van der Waals surface area contributed by atoms with Crippen molar-refractivity contribution in [2.75, 3.05) is 5.32 Å². The summed E-state index contributed by atoms with van der Waals surface area (Å²) in [5, 5.41) is 4.17. The molecule has 0 atom stereocenters. The molecule has 34 heavy (non-hydrogen) atoms. The van der Waals surface area contributed by atoms with Gasteiger partial charge in [-0.2, -0.15) is 0 Å². The Balaban J connectivity index is 1.68. The number of hydrogen-bond donors (Lipinski definition) is 1. The van der Waals surface area contributed by atoms with Crippen LogP contribution in [-0.2, 0) is 12.8 Å². The number of fused-ring (bicyclic) bond motifs is 1. The SMILES string of the molecule is Cc1cc2c(c(CCc3ccccc3)n1)c(=O)cc(Nc1ccccc1)n2C1C=CC=CC=C1. The fraction of sp³-hybridized carbons (Fsp3) is 0.133. The van der Waals surface area contributed by atoms with Gasteiger partial charge >= 0.3 is 0 Å². The van der Waals surface area contributed by atoms with E-state index in [-0.39, 0.29) is 11.5 Å². The zero-order valence-corrected chi connectivity index (χ0v) is 19.2. The molecule has 1 aliphatic carbocycles. The van der Waals surface area contributed by atoms with E-state index >= 15 is 0 Å². The summed E-state index contributed by atoms with van der Waals surface area (Å²) in [6, 6.07) is 24.0. The zero-order valence-electron chi connectivity index (χ0n) is 19.2. The second-order valence-electron chi connectivity index (χ2n) is 8.49. The lowest BCUT2D eigenvalue weighted by Crippen LogP contribution is -2.18. The number of pyridine rings is 2. The van der Waals surface area contributed by atoms with Gasteiger partial charge in [-0.25, -0.2) is 0 Å². The summed E-state index contributed by atoms with van der Waals surface area (Å²) in [6.45, 7) is 2.00. The molecule has 0 saturated heterocycles. The van der Waals surface area contributed by atoms with Crippen LogP contribution in [0.5, 0.6) is 0 Å². The van der Waals surface area contributed by atoms with Crippen molar-refractivity contribution in [3.8, 4) is 0 Å². The Morgan fingerprint density at radius 2 is 1.53 bits per heavy atom. The van der Waals surface area contributed by atoms with Crippen molar-refractivity contribution in [3.63, 3.8) is 0 Å². The Morgan fingerprint density at radius 3 is 2.24 bits per heavy atom. The molecule has 0 bridgehead atoms. The molecule has 0 saturated carbocycles. The third-order valence-electron chi connectivity index (χ3n) is 6.02. The summed E-state index contributed by atoms with van der Waals surface area (Å²) in [5.74, 6) is 0.754. The second kappa shape index (κ2) is 9.75. The summed E-state index contributed by atoms with van der Waals surface area (Å²) in [4.78, 5) is 18.3. The van der Waals surface area contributed by atoms with E-state index in [0.717, 1.165) is 34.8 Å². The topological polar surface area (TPSA) is 46.9 Å². The lowest BCUT2D eigenvalue weighted by molar-refractivity contribution is 0.753. The molecule has 0 amide bonds. The van der Waals surface area contributed by atoms with Gasteiger partial charge in [0.05, 0.1) is 22.6 Å². The van der Waals surface area contributed by atoms with Crippen LogP contribution in [0.4, 0.5) is 11.5 Å². The van der Waals surface area contributed by atoms with E-state index in [1.807, 2.05) is 85.8 Å². The minimum absolute atomic E-state index is 0.0139. The molecular formula is C30H27N3O. The largest absolute Gasteiger partial charge is 0.341 e. The molecule has 4 nitrogen and oxygen atoms in total. The number of benzene rings is 2. The molecular weight excluding hydrogens is 418 g/mol. The van der Waals surface area contributed by atoms with Gasteiger partial charge in [-0.05, 0) is 43.5 Å². The molecule has 2 aromatic heterocycles. The number of nitrogens with zero attached hydrogens (tertiary/aromatic N) is 2. The van der Waals surface area contributed by atoms with Gasteiger partial charge in [0, 0.05) is 17.4 Å². The van der Waals surface area contributed by atoms with Crippen LogP contribution >= 0.6 is 0 Å². The van der Waals surface area contributed by atoms with Crippen LogP contribution in [0.25, 0.3) is 10.9 Å². The average molecular weight is 446 g/mol. The standard InChI is InChI=1S/C30H27N3O/c1-22-20-27-30(26(31-22)19-18-23-12-6-4-7-13-23)28(34)21-29(32-24-14-8-5-9-15-24)33(27)25-16-10-2-3-11-17-25/h2-17,20-21,25,32H,18-19H2,1H3. The van der Waals surface area contributed by atoms with Gasteiger partial charge in [-0.1, -0.05) is 85.0 Å². The minimum Gasteiger partial charge on any atom is -0.341 e. The highest BCUT2D eigenvalue weighted by Gasteiger charge is 2.18. The van der Waals surface area contributed by atoms with Gasteiger partial charge in [0.15, 0.2) is 5.43 Å². The number of nitrogens with one attached hydrogen (secondary N) is 1. The predicted octanol–water partition coefficient (Wildman–Crippen LogP) is 6.46. The Morgan fingerprint density at radius 1 is 0.853 bits per heavy atom. The number of para-hydroxylation sites is 1. The van der Waals surface area contributed by atoms with E-state index in [4.69, 9.17) is 4.98 Å². The van der Waals surface area contributed by atoms with Crippen LogP contribution in [0.1, 0.15) is 23.0 Å². The minimum atomic E-state index is -0.0481. The van der Waals surface area contributed by atoms with Crippen LogP contribution < -0.4 is 10.7 Å². The normalized spacial score (nSPS) is 13.3. The van der Waals surface area contributed by atoms with Gasteiger partial charge in [-0.15, -0.1) is 0 Å². The molecule has 0 unspecified atom stereocenters. The Bertz CT molecular complexity index is 1430. The zero-order chi connectivity index (χ0) is 23.3. The third kappa shape index (κ3) is 4.62. The monoisotopic (exact) mass is 445 g/mol. The lowest BCUT2D eigenvalue weighted by Gasteiger charge is -2.23. The van der Waals surface area contributed by atoms with Gasteiger partial charge in [-0.3, -0.25) is 9.78 Å². The summed E-state index contributed by atoms with van der Waals surface area (Å²) >= 11 is 0. The fourth-order valence-corrected chi connectivity index (χ4v) is 4.47. The Labute approximate surface area is 199 Å². The molecule has 4 heteroatoms. The van der Waals surface area contributed by atoms with Crippen molar-refractivity contribution in [1.29, 1.82) is 0 Å². The number of aromatic nitrogens is 2. The first kappa shape index (κ1) is 21.7. The predicted molar refractivity (Wildman–Crippen MR) is 141 cm³/mol. The number of allylic oxidation sites excluding steroid dienone is 6. The number of anilines is 2. The smallest absolute Gasteiger partial charge is 0.193 e. The summed E-state index contributed by atoms with van der Waals surface area (Å²) in [6.07, 6.45) is 14.0. The van der Waals surface area contributed by atoms with Crippen LogP contribution in [0.3, 0.4) is 0 Å². The number of aryl methyl sites for hydroxylation is 3. The number of hydrogen-bond acceptors (Lipinski definition) is 3. The van der Waals surface area contributed by atoms with Gasteiger partial charge in [0.2, 0.25) is 0 Å². The second-order valence-corrected chi connectivity index (χ2v) is 8.49. The van der Waals surface area contributed by atoms with Crippen LogP contribution in [0, 0.1) is 6.92 Å². The molecule has 0 spiro atoms. The Hall–Kier alpha value is -4.18. The highest BCUT2D eigenvalue weighted by molar-refractivity contribution is 5.85. The van der Waals surface area contributed by atoms with E-state index in [2.05, 4.69) is 34.2 Å². The van der Waals surface area contributed by atoms with E-state index in [1.165, 1.54) is 5.56 Å². The summed E-state index contributed by atoms with van der Waals surface area (Å²) in [7, 11) is 0.